The number of nitrogen functional groups attached to an aromatic ring is 1. The minimum atomic E-state index is -2.74. The lowest BCUT2D eigenvalue weighted by Gasteiger charge is -2.13. The summed E-state index contributed by atoms with van der Waals surface area (Å²) in [5.41, 5.74) is 5.55. The molecule has 0 radical (unpaired) electrons. The molecular formula is C14H11F3N2O3. The number of benzene rings is 1. The predicted molar refractivity (Wildman–Crippen MR) is 72.5 cm³/mol. The average Bonchev–Trinajstić information content (AvgIpc) is 2.46. The second-order valence-electron chi connectivity index (χ2n) is 4.30. The van der Waals surface area contributed by atoms with E-state index in [2.05, 4.69) is 4.98 Å². The van der Waals surface area contributed by atoms with Gasteiger partial charge in [-0.1, -0.05) is 0 Å². The van der Waals surface area contributed by atoms with Crippen LogP contribution in [0.1, 0.15) is 10.4 Å². The highest BCUT2D eigenvalue weighted by molar-refractivity contribution is 5.97. The Morgan fingerprint density at radius 3 is 2.64 bits per heavy atom. The van der Waals surface area contributed by atoms with E-state index in [0.717, 1.165) is 12.3 Å². The van der Waals surface area contributed by atoms with E-state index in [4.69, 9.17) is 15.6 Å². The SMILES string of the molecule is Nc1c(OCC(F)F)cc(-c2ccc(F)cn2)cc1C(=O)O. The van der Waals surface area contributed by atoms with Crippen LogP contribution >= 0.6 is 0 Å². The normalized spacial score (nSPS) is 10.7. The Balaban J connectivity index is 2.49. The zero-order valence-corrected chi connectivity index (χ0v) is 11.1. The summed E-state index contributed by atoms with van der Waals surface area (Å²) in [5.74, 6) is -2.10. The largest absolute Gasteiger partial charge is 0.485 e. The highest BCUT2D eigenvalue weighted by atomic mass is 19.3. The van der Waals surface area contributed by atoms with Crippen LogP contribution < -0.4 is 10.5 Å². The lowest BCUT2D eigenvalue weighted by Crippen LogP contribution is -2.11. The molecule has 116 valence electrons. The molecule has 2 aromatic rings. The van der Waals surface area contributed by atoms with Gasteiger partial charge in [0.25, 0.3) is 6.43 Å². The van der Waals surface area contributed by atoms with Crippen molar-refractivity contribution in [2.45, 2.75) is 6.43 Å². The van der Waals surface area contributed by atoms with Crippen LogP contribution in [0.3, 0.4) is 0 Å². The molecular weight excluding hydrogens is 301 g/mol. The van der Waals surface area contributed by atoms with E-state index in [1.165, 1.54) is 18.2 Å². The fraction of sp³-hybridized carbons (Fsp3) is 0.143. The Hall–Kier alpha value is -2.77. The summed E-state index contributed by atoms with van der Waals surface area (Å²) in [4.78, 5) is 15.0. The molecule has 3 N–H and O–H groups in total. The smallest absolute Gasteiger partial charge is 0.337 e. The number of rotatable bonds is 5. The number of pyridine rings is 1. The molecule has 0 aliphatic carbocycles. The first-order valence-electron chi connectivity index (χ1n) is 6.08. The standard InChI is InChI=1S/C14H11F3N2O3/c15-8-1-2-10(19-5-8)7-3-9(14(20)21)13(18)11(4-7)22-6-12(16)17/h1-5,12H,6,18H2,(H,20,21). The zero-order valence-electron chi connectivity index (χ0n) is 11.1. The van der Waals surface area contributed by atoms with Gasteiger partial charge >= 0.3 is 5.97 Å². The number of carbonyl (C=O) groups is 1. The van der Waals surface area contributed by atoms with Crippen molar-refractivity contribution in [3.8, 4) is 17.0 Å². The highest BCUT2D eigenvalue weighted by Crippen LogP contribution is 2.32. The molecule has 8 heteroatoms. The number of ether oxygens (including phenoxy) is 1. The maximum atomic E-state index is 12.9. The topological polar surface area (TPSA) is 85.4 Å². The van der Waals surface area contributed by atoms with Crippen LogP contribution in [0.25, 0.3) is 11.3 Å². The number of halogens is 3. The van der Waals surface area contributed by atoms with E-state index < -0.39 is 24.8 Å². The summed E-state index contributed by atoms with van der Waals surface area (Å²) < 4.78 is 42.2. The molecule has 0 spiro atoms. The molecule has 0 amide bonds. The van der Waals surface area contributed by atoms with Gasteiger partial charge < -0.3 is 15.6 Å². The van der Waals surface area contributed by atoms with Crippen molar-refractivity contribution in [1.29, 1.82) is 0 Å². The molecule has 2 rings (SSSR count). The summed E-state index contributed by atoms with van der Waals surface area (Å²) in [6, 6.07) is 4.96. The van der Waals surface area contributed by atoms with Crippen LogP contribution in [0.2, 0.25) is 0 Å². The summed E-state index contributed by atoms with van der Waals surface area (Å²) in [6.45, 7) is -0.927. The van der Waals surface area contributed by atoms with Crippen LogP contribution in [-0.4, -0.2) is 29.1 Å². The number of carboxylic acids is 1. The first-order chi connectivity index (χ1) is 10.4. The molecule has 0 saturated carbocycles. The summed E-state index contributed by atoms with van der Waals surface area (Å²) in [7, 11) is 0. The van der Waals surface area contributed by atoms with Crippen molar-refractivity contribution in [2.75, 3.05) is 12.3 Å². The predicted octanol–water partition coefficient (Wildman–Crippen LogP) is 2.81. The Labute approximate surface area is 123 Å². The summed E-state index contributed by atoms with van der Waals surface area (Å²) in [6.07, 6.45) is -1.79. The van der Waals surface area contributed by atoms with E-state index in [-0.39, 0.29) is 28.3 Å². The van der Waals surface area contributed by atoms with Gasteiger partial charge in [-0.15, -0.1) is 0 Å². The van der Waals surface area contributed by atoms with Crippen molar-refractivity contribution in [2.24, 2.45) is 0 Å². The van der Waals surface area contributed by atoms with Gasteiger partial charge in [-0.05, 0) is 24.3 Å². The van der Waals surface area contributed by atoms with Crippen molar-refractivity contribution >= 4 is 11.7 Å². The fourth-order valence-electron chi connectivity index (χ4n) is 1.77. The number of nitrogens with zero attached hydrogens (tertiary/aromatic N) is 1. The molecule has 5 nitrogen and oxygen atoms in total. The van der Waals surface area contributed by atoms with E-state index in [1.54, 1.807) is 0 Å². The van der Waals surface area contributed by atoms with Crippen LogP contribution in [0.4, 0.5) is 18.9 Å². The van der Waals surface area contributed by atoms with Gasteiger partial charge in [0.1, 0.15) is 18.2 Å². The number of alkyl halides is 2. The van der Waals surface area contributed by atoms with Gasteiger partial charge in [0, 0.05) is 5.56 Å². The molecule has 0 aliphatic rings. The second-order valence-corrected chi connectivity index (χ2v) is 4.30. The van der Waals surface area contributed by atoms with E-state index in [0.29, 0.717) is 0 Å². The Morgan fingerprint density at radius 2 is 2.09 bits per heavy atom. The third kappa shape index (κ3) is 3.46. The minimum absolute atomic E-state index is 0.193. The molecule has 0 saturated heterocycles. The summed E-state index contributed by atoms with van der Waals surface area (Å²) >= 11 is 0. The number of nitrogens with two attached hydrogens (primary N) is 1. The highest BCUT2D eigenvalue weighted by Gasteiger charge is 2.17. The first-order valence-corrected chi connectivity index (χ1v) is 6.08. The molecule has 1 aromatic carbocycles. The van der Waals surface area contributed by atoms with E-state index in [9.17, 15) is 18.0 Å². The molecule has 22 heavy (non-hydrogen) atoms. The minimum Gasteiger partial charge on any atom is -0.485 e. The van der Waals surface area contributed by atoms with Gasteiger partial charge in [0.05, 0.1) is 23.1 Å². The van der Waals surface area contributed by atoms with Crippen molar-refractivity contribution in [3.63, 3.8) is 0 Å². The van der Waals surface area contributed by atoms with E-state index >= 15 is 0 Å². The maximum absolute atomic E-state index is 12.9. The van der Waals surface area contributed by atoms with Gasteiger partial charge in [-0.2, -0.15) is 0 Å². The van der Waals surface area contributed by atoms with E-state index in [1.807, 2.05) is 0 Å². The number of anilines is 1. The molecule has 0 unspecified atom stereocenters. The van der Waals surface area contributed by atoms with Crippen molar-refractivity contribution in [3.05, 3.63) is 41.8 Å². The van der Waals surface area contributed by atoms with Gasteiger partial charge in [0.15, 0.2) is 0 Å². The Kier molecular flexibility index (Phi) is 4.50. The fourth-order valence-corrected chi connectivity index (χ4v) is 1.77. The molecule has 0 aliphatic heterocycles. The number of carboxylic acid groups (broad SMARTS) is 1. The number of hydrogen-bond acceptors (Lipinski definition) is 4. The Morgan fingerprint density at radius 1 is 1.36 bits per heavy atom. The van der Waals surface area contributed by atoms with Gasteiger partial charge in [-0.25, -0.2) is 18.0 Å². The number of hydrogen-bond donors (Lipinski definition) is 2. The lowest BCUT2D eigenvalue weighted by atomic mass is 10.0. The average molecular weight is 312 g/mol. The number of aromatic nitrogens is 1. The van der Waals surface area contributed by atoms with Crippen LogP contribution in [0.5, 0.6) is 5.75 Å². The second kappa shape index (κ2) is 6.33. The van der Waals surface area contributed by atoms with Crippen LogP contribution in [0.15, 0.2) is 30.5 Å². The van der Waals surface area contributed by atoms with Crippen molar-refractivity contribution in [1.82, 2.24) is 4.98 Å². The lowest BCUT2D eigenvalue weighted by molar-refractivity contribution is 0.0697. The van der Waals surface area contributed by atoms with Crippen LogP contribution in [0, 0.1) is 5.82 Å². The Bertz CT molecular complexity index is 690. The maximum Gasteiger partial charge on any atom is 0.337 e. The summed E-state index contributed by atoms with van der Waals surface area (Å²) in [5, 5.41) is 9.12. The molecule has 0 bridgehead atoms. The first kappa shape index (κ1) is 15.6. The van der Waals surface area contributed by atoms with Crippen molar-refractivity contribution < 1.29 is 27.8 Å². The number of aromatic carboxylic acids is 1. The monoisotopic (exact) mass is 312 g/mol. The molecule has 1 heterocycles. The third-order valence-electron chi connectivity index (χ3n) is 2.76. The molecule has 0 fully saturated rings. The molecule has 0 atom stereocenters. The third-order valence-corrected chi connectivity index (χ3v) is 2.76. The quantitative estimate of drug-likeness (QED) is 0.829. The molecule has 1 aromatic heterocycles. The van der Waals surface area contributed by atoms with Gasteiger partial charge in [0.2, 0.25) is 0 Å². The van der Waals surface area contributed by atoms with Crippen LogP contribution in [-0.2, 0) is 0 Å². The zero-order chi connectivity index (χ0) is 16.3. The van der Waals surface area contributed by atoms with Gasteiger partial charge in [-0.3, -0.25) is 4.98 Å².